The van der Waals surface area contributed by atoms with Gasteiger partial charge in [0.2, 0.25) is 0 Å². The largest absolute Gasteiger partial charge is 0.508 e. The number of benzene rings is 1. The van der Waals surface area contributed by atoms with E-state index in [4.69, 9.17) is 5.11 Å². The Hall–Kier alpha value is -1.97. The molecule has 0 aliphatic carbocycles. The normalized spacial score (nSPS) is 10.2. The van der Waals surface area contributed by atoms with Gasteiger partial charge in [-0.05, 0) is 17.7 Å². The van der Waals surface area contributed by atoms with Crippen molar-refractivity contribution in [3.05, 3.63) is 42.2 Å². The molecule has 0 aliphatic heterocycles. The van der Waals surface area contributed by atoms with Crippen LogP contribution in [0.2, 0.25) is 0 Å². The summed E-state index contributed by atoms with van der Waals surface area (Å²) in [6.07, 6.45) is 3.70. The molecule has 0 fully saturated rings. The molecule has 1 aromatic heterocycles. The molecule has 0 radical (unpaired) electrons. The fourth-order valence-electron chi connectivity index (χ4n) is 1.33. The number of phenolic OH excluding ortho intramolecular Hbond substituents is 1. The van der Waals surface area contributed by atoms with E-state index in [-0.39, 0.29) is 0 Å². The maximum atomic E-state index is 9.11. The van der Waals surface area contributed by atoms with E-state index >= 15 is 0 Å². The van der Waals surface area contributed by atoms with Gasteiger partial charge in [0.05, 0.1) is 11.9 Å². The Morgan fingerprint density at radius 3 is 2.67 bits per heavy atom. The first kappa shape index (κ1) is 9.58. The zero-order chi connectivity index (χ0) is 10.7. The third kappa shape index (κ3) is 2.49. The molecular weight excluding hydrogens is 190 g/mol. The maximum Gasteiger partial charge on any atom is 0.115 e. The Morgan fingerprint density at radius 2 is 2.07 bits per heavy atom. The van der Waals surface area contributed by atoms with Gasteiger partial charge < -0.3 is 10.4 Å². The SMILES string of the molecule is Cn1cc(NCc2ccc(O)cc2)cn1. The van der Waals surface area contributed by atoms with Crippen molar-refractivity contribution in [2.45, 2.75) is 6.54 Å². The number of aromatic nitrogens is 2. The van der Waals surface area contributed by atoms with Gasteiger partial charge in [-0.2, -0.15) is 5.10 Å². The van der Waals surface area contributed by atoms with Gasteiger partial charge in [0, 0.05) is 19.8 Å². The highest BCUT2D eigenvalue weighted by Crippen LogP contribution is 2.11. The van der Waals surface area contributed by atoms with Crippen LogP contribution < -0.4 is 5.32 Å². The molecule has 0 bridgehead atoms. The molecule has 0 unspecified atom stereocenters. The highest BCUT2D eigenvalue weighted by Gasteiger charge is 1.96. The first-order valence-corrected chi connectivity index (χ1v) is 4.74. The van der Waals surface area contributed by atoms with E-state index in [1.807, 2.05) is 25.4 Å². The van der Waals surface area contributed by atoms with E-state index in [9.17, 15) is 0 Å². The van der Waals surface area contributed by atoms with Crippen LogP contribution in [0.1, 0.15) is 5.56 Å². The van der Waals surface area contributed by atoms with E-state index in [2.05, 4.69) is 10.4 Å². The highest BCUT2D eigenvalue weighted by atomic mass is 16.3. The molecule has 0 saturated carbocycles. The summed E-state index contributed by atoms with van der Waals surface area (Å²) in [7, 11) is 1.88. The summed E-state index contributed by atoms with van der Waals surface area (Å²) >= 11 is 0. The average molecular weight is 203 g/mol. The highest BCUT2D eigenvalue weighted by molar-refractivity contribution is 5.39. The van der Waals surface area contributed by atoms with E-state index in [0.717, 1.165) is 17.8 Å². The minimum absolute atomic E-state index is 0.292. The standard InChI is InChI=1S/C11H13N3O/c1-14-8-10(7-13-14)12-6-9-2-4-11(15)5-3-9/h2-5,7-8,12,15H,6H2,1H3. The lowest BCUT2D eigenvalue weighted by Crippen LogP contribution is -1.97. The van der Waals surface area contributed by atoms with Gasteiger partial charge in [0.15, 0.2) is 0 Å². The Balaban J connectivity index is 1.96. The van der Waals surface area contributed by atoms with E-state index < -0.39 is 0 Å². The topological polar surface area (TPSA) is 50.1 Å². The summed E-state index contributed by atoms with van der Waals surface area (Å²) in [6.45, 7) is 0.728. The van der Waals surface area contributed by atoms with Crippen LogP contribution in [-0.4, -0.2) is 14.9 Å². The smallest absolute Gasteiger partial charge is 0.115 e. The van der Waals surface area contributed by atoms with Crippen LogP contribution in [-0.2, 0) is 13.6 Å². The fourth-order valence-corrected chi connectivity index (χ4v) is 1.33. The van der Waals surface area contributed by atoms with Crippen molar-refractivity contribution in [2.24, 2.45) is 7.05 Å². The van der Waals surface area contributed by atoms with Crippen molar-refractivity contribution < 1.29 is 5.11 Å². The van der Waals surface area contributed by atoms with Crippen LogP contribution in [0.25, 0.3) is 0 Å². The Kier molecular flexibility index (Phi) is 2.58. The van der Waals surface area contributed by atoms with Crippen LogP contribution in [0.3, 0.4) is 0 Å². The van der Waals surface area contributed by atoms with Crippen molar-refractivity contribution in [1.29, 1.82) is 0 Å². The first-order valence-electron chi connectivity index (χ1n) is 4.74. The van der Waals surface area contributed by atoms with Crippen molar-refractivity contribution in [1.82, 2.24) is 9.78 Å². The van der Waals surface area contributed by atoms with Crippen molar-refractivity contribution in [2.75, 3.05) is 5.32 Å². The van der Waals surface area contributed by atoms with Crippen LogP contribution in [0.15, 0.2) is 36.7 Å². The Bertz CT molecular complexity index is 433. The zero-order valence-electron chi connectivity index (χ0n) is 8.51. The van der Waals surface area contributed by atoms with E-state index in [0.29, 0.717) is 5.75 Å². The number of nitrogens with zero attached hydrogens (tertiary/aromatic N) is 2. The van der Waals surface area contributed by atoms with Crippen LogP contribution in [0, 0.1) is 0 Å². The summed E-state index contributed by atoms with van der Waals surface area (Å²) < 4.78 is 1.75. The molecule has 1 heterocycles. The van der Waals surface area contributed by atoms with Gasteiger partial charge in [-0.3, -0.25) is 4.68 Å². The lowest BCUT2D eigenvalue weighted by atomic mass is 10.2. The Morgan fingerprint density at radius 1 is 1.33 bits per heavy atom. The van der Waals surface area contributed by atoms with Crippen LogP contribution >= 0.6 is 0 Å². The maximum absolute atomic E-state index is 9.11. The van der Waals surface area contributed by atoms with Gasteiger partial charge in [0.1, 0.15) is 5.75 Å². The monoisotopic (exact) mass is 203 g/mol. The molecule has 2 N–H and O–H groups in total. The molecule has 0 amide bonds. The average Bonchev–Trinajstić information content (AvgIpc) is 2.64. The number of hydrogen-bond donors (Lipinski definition) is 2. The molecule has 0 atom stereocenters. The lowest BCUT2D eigenvalue weighted by molar-refractivity contribution is 0.475. The summed E-state index contributed by atoms with van der Waals surface area (Å²) in [4.78, 5) is 0. The van der Waals surface area contributed by atoms with Crippen molar-refractivity contribution in [3.63, 3.8) is 0 Å². The van der Waals surface area contributed by atoms with Gasteiger partial charge >= 0.3 is 0 Å². The second-order valence-electron chi connectivity index (χ2n) is 3.42. The summed E-state index contributed by atoms with van der Waals surface area (Å²) in [5.41, 5.74) is 2.11. The first-order chi connectivity index (χ1) is 7.24. The molecule has 0 spiro atoms. The Labute approximate surface area is 88.2 Å². The van der Waals surface area contributed by atoms with Crippen LogP contribution in [0.4, 0.5) is 5.69 Å². The second kappa shape index (κ2) is 4.04. The van der Waals surface area contributed by atoms with Gasteiger partial charge in [0.25, 0.3) is 0 Å². The molecule has 2 aromatic rings. The summed E-state index contributed by atoms with van der Waals surface area (Å²) in [6, 6.07) is 7.14. The molecule has 2 rings (SSSR count). The summed E-state index contributed by atoms with van der Waals surface area (Å²) in [5, 5.41) is 16.4. The lowest BCUT2D eigenvalue weighted by Gasteiger charge is -2.03. The van der Waals surface area contributed by atoms with Gasteiger partial charge in [-0.15, -0.1) is 0 Å². The quantitative estimate of drug-likeness (QED) is 0.798. The third-order valence-electron chi connectivity index (χ3n) is 2.14. The predicted octanol–water partition coefficient (Wildman–Crippen LogP) is 1.74. The molecular formula is C11H13N3O. The molecule has 1 aromatic carbocycles. The van der Waals surface area contributed by atoms with Crippen LogP contribution in [0.5, 0.6) is 5.75 Å². The number of rotatable bonds is 3. The van der Waals surface area contributed by atoms with E-state index in [1.54, 1.807) is 23.0 Å². The molecule has 15 heavy (non-hydrogen) atoms. The second-order valence-corrected chi connectivity index (χ2v) is 3.42. The molecule has 0 saturated heterocycles. The molecule has 4 nitrogen and oxygen atoms in total. The number of hydrogen-bond acceptors (Lipinski definition) is 3. The van der Waals surface area contributed by atoms with Crippen molar-refractivity contribution >= 4 is 5.69 Å². The van der Waals surface area contributed by atoms with Gasteiger partial charge in [-0.1, -0.05) is 12.1 Å². The number of aryl methyl sites for hydroxylation is 1. The fraction of sp³-hybridized carbons (Fsp3) is 0.182. The van der Waals surface area contributed by atoms with Gasteiger partial charge in [-0.25, -0.2) is 0 Å². The van der Waals surface area contributed by atoms with E-state index in [1.165, 1.54) is 0 Å². The summed E-state index contributed by atoms with van der Waals surface area (Å²) in [5.74, 6) is 0.292. The minimum atomic E-state index is 0.292. The molecule has 0 aliphatic rings. The minimum Gasteiger partial charge on any atom is -0.508 e. The number of aromatic hydroxyl groups is 1. The predicted molar refractivity (Wildman–Crippen MR) is 58.6 cm³/mol. The third-order valence-corrected chi connectivity index (χ3v) is 2.14. The van der Waals surface area contributed by atoms with Crippen molar-refractivity contribution in [3.8, 4) is 5.75 Å². The number of nitrogens with one attached hydrogen (secondary N) is 1. The number of anilines is 1. The number of phenols is 1. The zero-order valence-corrected chi connectivity index (χ0v) is 8.51. The molecule has 4 heteroatoms. The molecule has 78 valence electrons.